The van der Waals surface area contributed by atoms with Crippen LogP contribution in [0, 0.1) is 29.1 Å². The van der Waals surface area contributed by atoms with Gasteiger partial charge in [0.25, 0.3) is 5.92 Å². The Morgan fingerprint density at radius 2 is 1.81 bits per heavy atom. The van der Waals surface area contributed by atoms with Crippen molar-refractivity contribution in [2.24, 2.45) is 29.1 Å². The number of carbonyl (C=O) groups is 4. The molecule has 0 radical (unpaired) electrons. The van der Waals surface area contributed by atoms with E-state index in [1.807, 2.05) is 57.0 Å². The molecule has 0 bridgehead atoms. The van der Waals surface area contributed by atoms with E-state index in [4.69, 9.17) is 19.2 Å². The monoisotopic (exact) mass is 890 g/mol. The summed E-state index contributed by atoms with van der Waals surface area (Å²) in [6.45, 7) is 8.00. The standard InChI is InChI=1S/C45H61F3N4O9S/c1-9-51(7)37-20-29-19-31(59-8)14-15-33(29)39(49-37)60-32-21-35-36(53)24-45(41(56)50-62(57,58)44(26-46)16-17-44)23-30(45)13-11-10-12-27(2)18-28(3)34(40(55)52(35)25-32)22-38(54)61-42(4,5)43(6,47)48/h11,13-15,19-20,27-28,30,32,34-35H,9-10,12,16-18,21-26H2,1-8H3,(H,50,56)/b13-11-/t27-,28+,30+,32+,34-,35-,45+/m0/s1. The lowest BCUT2D eigenvalue weighted by Gasteiger charge is -2.34. The van der Waals surface area contributed by atoms with Crippen molar-refractivity contribution in [3.8, 4) is 11.6 Å². The first-order chi connectivity index (χ1) is 29.0. The molecule has 3 heterocycles. The Kier molecular flexibility index (Phi) is 13.4. The molecule has 2 saturated carbocycles. The molecule has 6 rings (SSSR count). The summed E-state index contributed by atoms with van der Waals surface area (Å²) < 4.78 is 87.4. The summed E-state index contributed by atoms with van der Waals surface area (Å²) in [4.78, 5) is 65.6. The van der Waals surface area contributed by atoms with E-state index in [1.54, 1.807) is 19.2 Å². The molecule has 1 N–H and O–H groups in total. The van der Waals surface area contributed by atoms with Crippen LogP contribution >= 0.6 is 0 Å². The number of aromatic nitrogens is 1. The summed E-state index contributed by atoms with van der Waals surface area (Å²) in [5.41, 5.74) is -3.65. The zero-order valence-electron chi connectivity index (χ0n) is 37.0. The first kappa shape index (κ1) is 47.1. The summed E-state index contributed by atoms with van der Waals surface area (Å²) in [6.07, 6.45) is 3.97. The number of halogens is 3. The quantitative estimate of drug-likeness (QED) is 0.164. The molecule has 13 nitrogen and oxygen atoms in total. The van der Waals surface area contributed by atoms with Crippen molar-refractivity contribution >= 4 is 50.2 Å². The number of carbonyl (C=O) groups excluding carboxylic acids is 4. The average Bonchev–Trinajstić information content (AvgIpc) is 4.11. The predicted octanol–water partition coefficient (Wildman–Crippen LogP) is 6.96. The molecule has 2 aromatic rings. The number of anilines is 1. The number of ketones is 1. The fourth-order valence-electron chi connectivity index (χ4n) is 8.76. The van der Waals surface area contributed by atoms with Gasteiger partial charge in [0, 0.05) is 38.7 Å². The first-order valence-electron chi connectivity index (χ1n) is 21.6. The van der Waals surface area contributed by atoms with Gasteiger partial charge in [-0.05, 0) is 107 Å². The normalized spacial score (nSPS) is 28.5. The number of nitrogens with one attached hydrogen (secondary N) is 1. The molecule has 2 amide bonds. The van der Waals surface area contributed by atoms with Crippen LogP contribution in [0.4, 0.5) is 19.0 Å². The van der Waals surface area contributed by atoms with Gasteiger partial charge in [0.1, 0.15) is 29.1 Å². The van der Waals surface area contributed by atoms with Crippen molar-refractivity contribution in [3.05, 3.63) is 36.4 Å². The highest BCUT2D eigenvalue weighted by Gasteiger charge is 2.63. The molecular formula is C45H61F3N4O9S. The van der Waals surface area contributed by atoms with Gasteiger partial charge in [-0.3, -0.25) is 23.9 Å². The number of fused-ring (bicyclic) bond motifs is 3. The van der Waals surface area contributed by atoms with Crippen molar-refractivity contribution in [1.29, 1.82) is 0 Å². The summed E-state index contributed by atoms with van der Waals surface area (Å²) in [5, 5.41) is 1.41. The number of esters is 1. The number of pyridine rings is 1. The molecule has 1 aromatic heterocycles. The average molecular weight is 891 g/mol. The van der Waals surface area contributed by atoms with E-state index in [9.17, 15) is 36.0 Å². The van der Waals surface area contributed by atoms with Crippen LogP contribution in [0.3, 0.4) is 0 Å². The van der Waals surface area contributed by atoms with Crippen LogP contribution < -0.4 is 19.1 Å². The SMILES string of the molecule is CCN(C)c1cc2cc(OC)ccc2c(O[C@@H]2C[C@H]3C(=O)C[C@]4(C(=O)NS(=O)(=O)C5(CF)CC5)C[C@H]4/C=C\CC[C@H](C)C[C@@H](C)[C@H](CC(=O)OC(C)(C)C(C)(F)F)C(=O)N3C2)n1. The van der Waals surface area contributed by atoms with E-state index in [0.717, 1.165) is 19.2 Å². The smallest absolute Gasteiger partial charge is 0.307 e. The number of amides is 2. The number of hydrogen-bond acceptors (Lipinski definition) is 11. The van der Waals surface area contributed by atoms with Crippen LogP contribution in [0.2, 0.25) is 0 Å². The number of nitrogens with zero attached hydrogens (tertiary/aromatic N) is 3. The van der Waals surface area contributed by atoms with Gasteiger partial charge < -0.3 is 24.0 Å². The van der Waals surface area contributed by atoms with Gasteiger partial charge in [0.15, 0.2) is 11.4 Å². The number of ether oxygens (including phenoxy) is 3. The molecule has 342 valence electrons. The molecular weight excluding hydrogens is 830 g/mol. The Balaban J connectivity index is 1.39. The van der Waals surface area contributed by atoms with Crippen LogP contribution in [0.15, 0.2) is 36.4 Å². The molecule has 17 heteroatoms. The van der Waals surface area contributed by atoms with Gasteiger partial charge in [-0.15, -0.1) is 0 Å². The number of benzene rings is 1. The summed E-state index contributed by atoms with van der Waals surface area (Å²) in [6, 6.07) is 6.11. The summed E-state index contributed by atoms with van der Waals surface area (Å²) in [5.74, 6) is -6.92. The number of methoxy groups -OCH3 is 1. The van der Waals surface area contributed by atoms with Gasteiger partial charge in [0.05, 0.1) is 37.5 Å². The summed E-state index contributed by atoms with van der Waals surface area (Å²) in [7, 11) is -0.975. The van der Waals surface area contributed by atoms with Crippen molar-refractivity contribution in [3.63, 3.8) is 0 Å². The molecule has 7 atom stereocenters. The second-order valence-corrected chi connectivity index (χ2v) is 20.8. The zero-order valence-corrected chi connectivity index (χ0v) is 37.8. The second kappa shape index (κ2) is 17.6. The highest BCUT2D eigenvalue weighted by molar-refractivity contribution is 7.91. The van der Waals surface area contributed by atoms with E-state index >= 15 is 4.79 Å². The van der Waals surface area contributed by atoms with Gasteiger partial charge in [-0.1, -0.05) is 26.0 Å². The third-order valence-corrected chi connectivity index (χ3v) is 15.9. The fourth-order valence-corrected chi connectivity index (χ4v) is 10.2. The van der Waals surface area contributed by atoms with Crippen molar-refractivity contribution in [2.75, 3.05) is 38.8 Å². The van der Waals surface area contributed by atoms with Crippen molar-refractivity contribution in [1.82, 2.24) is 14.6 Å². The maximum Gasteiger partial charge on any atom is 0.307 e. The second-order valence-electron chi connectivity index (χ2n) is 18.7. The predicted molar refractivity (Wildman–Crippen MR) is 227 cm³/mol. The molecule has 1 aromatic carbocycles. The lowest BCUT2D eigenvalue weighted by Crippen LogP contribution is -2.49. The molecule has 2 aliphatic heterocycles. The Labute approximate surface area is 362 Å². The van der Waals surface area contributed by atoms with Gasteiger partial charge in [0.2, 0.25) is 27.7 Å². The topological polar surface area (TPSA) is 162 Å². The van der Waals surface area contributed by atoms with Gasteiger partial charge >= 0.3 is 5.97 Å². The lowest BCUT2D eigenvalue weighted by molar-refractivity contribution is -0.197. The van der Waals surface area contributed by atoms with Crippen LogP contribution in [-0.4, -0.2) is 104 Å². The highest BCUT2D eigenvalue weighted by Crippen LogP contribution is 2.58. The Hall–Kier alpha value is -4.41. The van der Waals surface area contributed by atoms with Crippen LogP contribution in [0.1, 0.15) is 99.3 Å². The van der Waals surface area contributed by atoms with E-state index in [2.05, 4.69) is 4.72 Å². The van der Waals surface area contributed by atoms with Crippen molar-refractivity contribution < 1.29 is 55.0 Å². The molecule has 2 aliphatic carbocycles. The number of sulfonamides is 1. The van der Waals surface area contributed by atoms with Gasteiger partial charge in [-0.25, -0.2) is 21.6 Å². The molecule has 62 heavy (non-hydrogen) atoms. The first-order valence-corrected chi connectivity index (χ1v) is 23.1. The maximum absolute atomic E-state index is 15.1. The zero-order chi connectivity index (χ0) is 45.6. The number of allylic oxidation sites excluding steroid dienone is 2. The molecule has 0 unspecified atom stereocenters. The molecule has 0 spiro atoms. The van der Waals surface area contributed by atoms with E-state index in [1.165, 1.54) is 4.90 Å². The lowest BCUT2D eigenvalue weighted by atomic mass is 9.82. The van der Waals surface area contributed by atoms with E-state index in [0.29, 0.717) is 49.7 Å². The van der Waals surface area contributed by atoms with E-state index in [-0.39, 0.29) is 44.0 Å². The number of rotatable bonds is 13. The van der Waals surface area contributed by atoms with Crippen LogP contribution in [0.5, 0.6) is 11.6 Å². The number of hydrogen-bond donors (Lipinski definition) is 1. The Morgan fingerprint density at radius 3 is 2.44 bits per heavy atom. The molecule has 4 aliphatic rings. The number of Topliss-reactive ketones (excluding diaryl/α,β-unsaturated/α-hetero) is 1. The third kappa shape index (κ3) is 9.57. The summed E-state index contributed by atoms with van der Waals surface area (Å²) >= 11 is 0. The highest BCUT2D eigenvalue weighted by atomic mass is 32.2. The minimum Gasteiger partial charge on any atom is -0.497 e. The minimum absolute atomic E-state index is 0.0315. The Morgan fingerprint density at radius 1 is 1.10 bits per heavy atom. The molecule has 3 fully saturated rings. The number of alkyl halides is 3. The minimum atomic E-state index is -4.40. The maximum atomic E-state index is 15.1. The van der Waals surface area contributed by atoms with Gasteiger partial charge in [-0.2, -0.15) is 4.98 Å². The third-order valence-electron chi connectivity index (χ3n) is 13.8. The molecule has 1 saturated heterocycles. The van der Waals surface area contributed by atoms with Crippen LogP contribution in [-0.2, 0) is 33.9 Å². The largest absolute Gasteiger partial charge is 0.497 e. The fraction of sp³-hybridized carbons (Fsp3) is 0.667. The van der Waals surface area contributed by atoms with E-state index < -0.39 is 105 Å². The van der Waals surface area contributed by atoms with Crippen LogP contribution in [0.25, 0.3) is 10.8 Å². The Bertz CT molecular complexity index is 2190. The van der Waals surface area contributed by atoms with Crippen molar-refractivity contribution in [2.45, 2.75) is 128 Å².